The van der Waals surface area contributed by atoms with E-state index in [1.807, 2.05) is 41.5 Å². The number of hydrogen-bond acceptors (Lipinski definition) is 4. The van der Waals surface area contributed by atoms with E-state index in [-0.39, 0.29) is 64.0 Å². The molecule has 1 aliphatic heterocycles. The molecule has 1 heterocycles. The molecule has 0 aromatic heterocycles. The molecule has 2 aromatic rings. The Labute approximate surface area is 206 Å². The van der Waals surface area contributed by atoms with E-state index in [2.05, 4.69) is 0 Å². The van der Waals surface area contributed by atoms with Gasteiger partial charge >= 0.3 is 0 Å². The molecule has 0 saturated heterocycles. The number of rotatable bonds is 5. The lowest BCUT2D eigenvalue weighted by atomic mass is 9.78. The molecule has 0 amide bonds. The second-order valence-electron chi connectivity index (χ2n) is 10.4. The van der Waals surface area contributed by atoms with Crippen molar-refractivity contribution in [2.24, 2.45) is 0 Å². The summed E-state index contributed by atoms with van der Waals surface area (Å²) in [7, 11) is 0. The fourth-order valence-corrected chi connectivity index (χ4v) is 4.02. The third kappa shape index (κ3) is 5.24. The summed E-state index contributed by atoms with van der Waals surface area (Å²) in [6, 6.07) is 6.69. The van der Waals surface area contributed by atoms with Gasteiger partial charge in [-0.25, -0.2) is 4.39 Å². The highest BCUT2D eigenvalue weighted by atomic mass is 79.9. The SMILES string of the molecule is Br.CCOc1ccc2c(c1F)CN(CC(=O)c1cc(C(C)(C)C)c(O)c(C(C)(C)C)c1)C2=N. The van der Waals surface area contributed by atoms with E-state index >= 15 is 0 Å². The Kier molecular flexibility index (Phi) is 7.69. The van der Waals surface area contributed by atoms with E-state index < -0.39 is 5.82 Å². The van der Waals surface area contributed by atoms with Gasteiger partial charge < -0.3 is 14.7 Å². The van der Waals surface area contributed by atoms with Crippen LogP contribution in [0.2, 0.25) is 0 Å². The first kappa shape index (κ1) is 26.8. The van der Waals surface area contributed by atoms with Crippen LogP contribution < -0.4 is 4.74 Å². The summed E-state index contributed by atoms with van der Waals surface area (Å²) in [5.41, 5.74) is 2.06. The minimum absolute atomic E-state index is 0. The molecule has 2 aromatic carbocycles. The highest BCUT2D eigenvalue weighted by molar-refractivity contribution is 8.93. The summed E-state index contributed by atoms with van der Waals surface area (Å²) in [6.45, 7) is 14.2. The number of carbonyl (C=O) groups excluding carboxylic acids is 1. The van der Waals surface area contributed by atoms with Crippen molar-refractivity contribution in [3.8, 4) is 11.5 Å². The monoisotopic (exact) mass is 520 g/mol. The third-order valence-corrected chi connectivity index (χ3v) is 5.81. The maximum absolute atomic E-state index is 14.8. The number of halogens is 2. The van der Waals surface area contributed by atoms with E-state index in [1.54, 1.807) is 30.0 Å². The van der Waals surface area contributed by atoms with Gasteiger partial charge in [0.05, 0.1) is 13.2 Å². The first-order chi connectivity index (χ1) is 14.8. The molecule has 2 N–H and O–H groups in total. The second kappa shape index (κ2) is 9.45. The molecule has 0 atom stereocenters. The van der Waals surface area contributed by atoms with Crippen LogP contribution in [0.5, 0.6) is 11.5 Å². The number of phenolic OH excluding ortho intramolecular Hbond substituents is 1. The number of amidine groups is 1. The average molecular weight is 521 g/mol. The van der Waals surface area contributed by atoms with Crippen molar-refractivity contribution < 1.29 is 19.0 Å². The summed E-state index contributed by atoms with van der Waals surface area (Å²) in [6.07, 6.45) is 0. The molecule has 7 heteroatoms. The average Bonchev–Trinajstić information content (AvgIpc) is 2.99. The van der Waals surface area contributed by atoms with Crippen LogP contribution in [0.25, 0.3) is 0 Å². The van der Waals surface area contributed by atoms with E-state index in [9.17, 15) is 14.3 Å². The van der Waals surface area contributed by atoms with E-state index in [0.29, 0.717) is 34.4 Å². The molecular weight excluding hydrogens is 487 g/mol. The molecule has 0 bridgehead atoms. The van der Waals surface area contributed by atoms with Crippen molar-refractivity contribution in [3.05, 3.63) is 57.9 Å². The predicted octanol–water partition coefficient (Wildman–Crippen LogP) is 6.13. The van der Waals surface area contributed by atoms with Crippen LogP contribution in [0, 0.1) is 11.2 Å². The Balaban J connectivity index is 0.00000385. The number of benzene rings is 2. The van der Waals surface area contributed by atoms with Crippen LogP contribution in [0.3, 0.4) is 0 Å². The Morgan fingerprint density at radius 1 is 1.12 bits per heavy atom. The minimum atomic E-state index is -0.473. The maximum Gasteiger partial charge on any atom is 0.182 e. The van der Waals surface area contributed by atoms with Crippen molar-refractivity contribution in [2.45, 2.75) is 65.8 Å². The highest BCUT2D eigenvalue weighted by Crippen LogP contribution is 2.40. The fourth-order valence-electron chi connectivity index (χ4n) is 4.02. The second-order valence-corrected chi connectivity index (χ2v) is 10.4. The van der Waals surface area contributed by atoms with Crippen LogP contribution in [0.15, 0.2) is 24.3 Å². The third-order valence-electron chi connectivity index (χ3n) is 5.81. The zero-order valence-corrected chi connectivity index (χ0v) is 22.1. The van der Waals surface area contributed by atoms with Crippen LogP contribution >= 0.6 is 17.0 Å². The zero-order valence-electron chi connectivity index (χ0n) is 20.4. The van der Waals surface area contributed by atoms with Crippen molar-refractivity contribution in [3.63, 3.8) is 0 Å². The molecule has 1 aliphatic rings. The largest absolute Gasteiger partial charge is 0.507 e. The first-order valence-electron chi connectivity index (χ1n) is 10.9. The highest BCUT2D eigenvalue weighted by Gasteiger charge is 2.32. The summed E-state index contributed by atoms with van der Waals surface area (Å²) in [5, 5.41) is 19.4. The van der Waals surface area contributed by atoms with E-state index in [4.69, 9.17) is 10.1 Å². The van der Waals surface area contributed by atoms with Crippen molar-refractivity contribution in [2.75, 3.05) is 13.2 Å². The lowest BCUT2D eigenvalue weighted by Crippen LogP contribution is -2.30. The quantitative estimate of drug-likeness (QED) is 0.465. The van der Waals surface area contributed by atoms with Gasteiger partial charge in [-0.05, 0) is 42.0 Å². The van der Waals surface area contributed by atoms with Gasteiger partial charge in [-0.3, -0.25) is 10.2 Å². The van der Waals surface area contributed by atoms with Gasteiger partial charge in [-0.15, -0.1) is 17.0 Å². The van der Waals surface area contributed by atoms with E-state index in [0.717, 1.165) is 0 Å². The molecule has 33 heavy (non-hydrogen) atoms. The van der Waals surface area contributed by atoms with Crippen LogP contribution in [-0.2, 0) is 17.4 Å². The van der Waals surface area contributed by atoms with Crippen LogP contribution in [0.4, 0.5) is 4.39 Å². The molecule has 0 radical (unpaired) electrons. The van der Waals surface area contributed by atoms with Gasteiger partial charge in [-0.2, -0.15) is 0 Å². The number of aromatic hydroxyl groups is 1. The van der Waals surface area contributed by atoms with Gasteiger partial charge in [0.25, 0.3) is 0 Å². The predicted molar refractivity (Wildman–Crippen MR) is 135 cm³/mol. The van der Waals surface area contributed by atoms with Crippen molar-refractivity contribution in [1.82, 2.24) is 4.90 Å². The zero-order chi connectivity index (χ0) is 24.0. The number of ketones is 1. The number of Topliss-reactive ketones (excluding diaryl/α,β-unsaturated/α-hetero) is 1. The van der Waals surface area contributed by atoms with Crippen LogP contribution in [0.1, 0.15) is 81.1 Å². The molecule has 3 rings (SSSR count). The Morgan fingerprint density at radius 2 is 1.67 bits per heavy atom. The smallest absolute Gasteiger partial charge is 0.182 e. The van der Waals surface area contributed by atoms with Gasteiger partial charge in [0.2, 0.25) is 0 Å². The standard InChI is InChI=1S/C26H33FN2O3.BrH/c1-8-32-21-10-9-16-17(22(21)27)13-29(24(16)28)14-20(30)15-11-18(25(2,3)4)23(31)19(12-15)26(5,6)7;/h9-12,28,31H,8,13-14H2,1-7H3;1H. The number of phenols is 1. The number of carbonyl (C=O) groups is 1. The molecule has 0 spiro atoms. The molecular formula is C26H34BrFN2O3. The fraction of sp³-hybridized carbons (Fsp3) is 0.462. The number of hydrogen-bond donors (Lipinski definition) is 2. The molecule has 180 valence electrons. The Bertz CT molecular complexity index is 1050. The van der Waals surface area contributed by atoms with Gasteiger partial charge in [0.1, 0.15) is 11.6 Å². The maximum atomic E-state index is 14.8. The van der Waals surface area contributed by atoms with Crippen LogP contribution in [-0.4, -0.2) is 34.8 Å². The topological polar surface area (TPSA) is 73.6 Å². The number of ether oxygens (including phenoxy) is 1. The Hall–Kier alpha value is -2.41. The molecule has 0 fully saturated rings. The summed E-state index contributed by atoms with van der Waals surface area (Å²) in [5.74, 6) is -0.146. The number of nitrogens with zero attached hydrogens (tertiary/aromatic N) is 1. The number of fused-ring (bicyclic) bond motifs is 1. The van der Waals surface area contributed by atoms with Crippen molar-refractivity contribution in [1.29, 1.82) is 5.41 Å². The lowest BCUT2D eigenvalue weighted by Gasteiger charge is -2.28. The molecule has 5 nitrogen and oxygen atoms in total. The molecule has 0 saturated carbocycles. The normalized spacial score (nSPS) is 13.6. The Morgan fingerprint density at radius 3 is 2.15 bits per heavy atom. The molecule has 0 aliphatic carbocycles. The van der Waals surface area contributed by atoms with Crippen molar-refractivity contribution >= 4 is 28.6 Å². The molecule has 0 unspecified atom stereocenters. The number of nitrogens with one attached hydrogen (secondary N) is 1. The summed E-state index contributed by atoms with van der Waals surface area (Å²) < 4.78 is 20.1. The van der Waals surface area contributed by atoms with E-state index in [1.165, 1.54) is 6.07 Å². The summed E-state index contributed by atoms with van der Waals surface area (Å²) >= 11 is 0. The van der Waals surface area contributed by atoms with Gasteiger partial charge in [0.15, 0.2) is 17.3 Å². The first-order valence-corrected chi connectivity index (χ1v) is 10.9. The minimum Gasteiger partial charge on any atom is -0.507 e. The lowest BCUT2D eigenvalue weighted by molar-refractivity contribution is 0.0962. The summed E-state index contributed by atoms with van der Waals surface area (Å²) in [4.78, 5) is 14.9. The van der Waals surface area contributed by atoms with Gasteiger partial charge in [0, 0.05) is 34.4 Å². The van der Waals surface area contributed by atoms with Gasteiger partial charge in [-0.1, -0.05) is 41.5 Å².